The van der Waals surface area contributed by atoms with Crippen molar-refractivity contribution in [1.82, 2.24) is 15.1 Å². The Morgan fingerprint density at radius 2 is 1.84 bits per heavy atom. The van der Waals surface area contributed by atoms with Gasteiger partial charge >= 0.3 is 6.03 Å². The Morgan fingerprint density at radius 1 is 1.16 bits per heavy atom. The summed E-state index contributed by atoms with van der Waals surface area (Å²) < 4.78 is 14.3. The molecule has 6 nitrogen and oxygen atoms in total. The molecule has 1 unspecified atom stereocenters. The lowest BCUT2D eigenvalue weighted by Gasteiger charge is -2.27. The number of amides is 4. The number of hydrogen-bond donors (Lipinski definition) is 1. The van der Waals surface area contributed by atoms with Gasteiger partial charge in [0, 0.05) is 18.1 Å². The molecule has 4 amide bonds. The number of hydrogen-bond acceptors (Lipinski definition) is 3. The molecule has 3 rings (SSSR count). The first-order valence-corrected chi connectivity index (χ1v) is 11.0. The predicted octanol–water partition coefficient (Wildman–Crippen LogP) is 4.18. The average Bonchev–Trinajstić information content (AvgIpc) is 2.99. The van der Waals surface area contributed by atoms with Gasteiger partial charge in [0.15, 0.2) is 0 Å². The number of nitrogens with one attached hydrogen (secondary N) is 1. The molecule has 1 aliphatic heterocycles. The Hall–Kier alpha value is -2.74. The third kappa shape index (κ3) is 4.79. The maximum atomic E-state index is 13.4. The van der Waals surface area contributed by atoms with Crippen molar-refractivity contribution in [3.05, 3.63) is 69.9 Å². The Morgan fingerprint density at radius 3 is 2.48 bits per heavy atom. The fourth-order valence-corrected chi connectivity index (χ4v) is 4.09. The molecule has 1 N–H and O–H groups in total. The molecule has 8 heteroatoms. The van der Waals surface area contributed by atoms with E-state index in [0.29, 0.717) is 24.9 Å². The van der Waals surface area contributed by atoms with Crippen LogP contribution in [-0.4, -0.2) is 41.2 Å². The first-order valence-electron chi connectivity index (χ1n) is 10.2. The van der Waals surface area contributed by atoms with Crippen molar-refractivity contribution < 1.29 is 18.8 Å². The Labute approximate surface area is 189 Å². The Kier molecular flexibility index (Phi) is 7.10. The molecule has 0 bridgehead atoms. The van der Waals surface area contributed by atoms with Crippen LogP contribution in [0.3, 0.4) is 0 Å². The van der Waals surface area contributed by atoms with Crippen molar-refractivity contribution in [1.29, 1.82) is 0 Å². The molecular weight excluding hydrogens is 465 g/mol. The highest BCUT2D eigenvalue weighted by Crippen LogP contribution is 2.34. The lowest BCUT2D eigenvalue weighted by molar-refractivity contribution is -0.139. The molecule has 0 spiro atoms. The summed E-state index contributed by atoms with van der Waals surface area (Å²) in [5.74, 6) is -1.27. The molecule has 1 atom stereocenters. The van der Waals surface area contributed by atoms with Crippen LogP contribution in [0.4, 0.5) is 9.18 Å². The van der Waals surface area contributed by atoms with Crippen LogP contribution in [0, 0.1) is 5.82 Å². The van der Waals surface area contributed by atoms with E-state index in [9.17, 15) is 18.8 Å². The van der Waals surface area contributed by atoms with Crippen LogP contribution in [0.2, 0.25) is 0 Å². The van der Waals surface area contributed by atoms with Crippen LogP contribution >= 0.6 is 15.9 Å². The summed E-state index contributed by atoms with van der Waals surface area (Å²) in [5.41, 5.74) is 0.138. The molecule has 31 heavy (non-hydrogen) atoms. The fourth-order valence-electron chi connectivity index (χ4n) is 3.68. The van der Waals surface area contributed by atoms with Gasteiger partial charge in [-0.3, -0.25) is 14.5 Å². The van der Waals surface area contributed by atoms with E-state index in [2.05, 4.69) is 21.2 Å². The van der Waals surface area contributed by atoms with E-state index in [1.54, 1.807) is 7.05 Å². The average molecular weight is 490 g/mol. The number of halogens is 2. The predicted molar refractivity (Wildman–Crippen MR) is 118 cm³/mol. The third-order valence-corrected chi connectivity index (χ3v) is 6.28. The van der Waals surface area contributed by atoms with Gasteiger partial charge < -0.3 is 10.2 Å². The van der Waals surface area contributed by atoms with Crippen LogP contribution in [-0.2, 0) is 21.7 Å². The van der Waals surface area contributed by atoms with Crippen LogP contribution in [0.1, 0.15) is 37.3 Å². The van der Waals surface area contributed by atoms with Gasteiger partial charge in [-0.2, -0.15) is 0 Å². The van der Waals surface area contributed by atoms with Crippen molar-refractivity contribution in [2.45, 2.75) is 38.3 Å². The van der Waals surface area contributed by atoms with Crippen molar-refractivity contribution in [2.75, 3.05) is 13.6 Å². The summed E-state index contributed by atoms with van der Waals surface area (Å²) in [5, 5.41) is 2.78. The zero-order chi connectivity index (χ0) is 22.6. The molecule has 0 radical (unpaired) electrons. The van der Waals surface area contributed by atoms with Crippen molar-refractivity contribution in [3.63, 3.8) is 0 Å². The van der Waals surface area contributed by atoms with E-state index >= 15 is 0 Å². The molecule has 1 saturated heterocycles. The van der Waals surface area contributed by atoms with Crippen molar-refractivity contribution >= 4 is 33.8 Å². The number of nitrogens with zero attached hydrogens (tertiary/aromatic N) is 2. The number of rotatable bonds is 8. The summed E-state index contributed by atoms with van der Waals surface area (Å²) >= 11 is 3.46. The number of carbonyl (C=O) groups excluding carboxylic acids is 3. The van der Waals surface area contributed by atoms with E-state index in [4.69, 9.17) is 0 Å². The number of urea groups is 1. The number of imide groups is 1. The van der Waals surface area contributed by atoms with Gasteiger partial charge in [0.2, 0.25) is 5.91 Å². The summed E-state index contributed by atoms with van der Waals surface area (Å²) in [6.07, 6.45) is 1.88. The lowest BCUT2D eigenvalue weighted by Crippen LogP contribution is -2.45. The third-order valence-electron chi connectivity index (χ3n) is 5.50. The van der Waals surface area contributed by atoms with Gasteiger partial charge in [0.25, 0.3) is 5.91 Å². The Bertz CT molecular complexity index is 982. The molecule has 0 aromatic heterocycles. The van der Waals surface area contributed by atoms with Gasteiger partial charge in [0.05, 0.1) is 0 Å². The second-order valence-electron chi connectivity index (χ2n) is 7.68. The zero-order valence-electron chi connectivity index (χ0n) is 17.5. The highest BCUT2D eigenvalue weighted by atomic mass is 79.9. The summed E-state index contributed by atoms with van der Waals surface area (Å²) in [6, 6.07) is 12.5. The monoisotopic (exact) mass is 489 g/mol. The number of likely N-dealkylation sites (N-methyl/N-ethyl adjacent to an activating group) is 1. The van der Waals surface area contributed by atoms with Crippen LogP contribution in [0.25, 0.3) is 0 Å². The molecule has 2 aromatic rings. The first kappa shape index (κ1) is 22.9. The zero-order valence-corrected chi connectivity index (χ0v) is 19.1. The minimum Gasteiger partial charge on any atom is -0.340 e. The molecule has 1 fully saturated rings. The van der Waals surface area contributed by atoms with E-state index in [1.807, 2.05) is 31.2 Å². The molecular formula is C23H25BrFN3O3. The maximum Gasteiger partial charge on any atom is 0.325 e. The molecule has 2 aromatic carbocycles. The highest BCUT2D eigenvalue weighted by Gasteiger charge is 2.52. The number of unbranched alkanes of at least 4 members (excludes halogenated alkanes) is 1. The van der Waals surface area contributed by atoms with E-state index in [-0.39, 0.29) is 12.5 Å². The second-order valence-corrected chi connectivity index (χ2v) is 8.53. The van der Waals surface area contributed by atoms with E-state index in [0.717, 1.165) is 21.4 Å². The van der Waals surface area contributed by atoms with Crippen LogP contribution in [0.15, 0.2) is 53.0 Å². The molecule has 164 valence electrons. The highest BCUT2D eigenvalue weighted by molar-refractivity contribution is 9.10. The van der Waals surface area contributed by atoms with Crippen LogP contribution < -0.4 is 5.32 Å². The van der Waals surface area contributed by atoms with Crippen molar-refractivity contribution in [2.24, 2.45) is 0 Å². The number of carbonyl (C=O) groups is 3. The molecule has 1 aliphatic rings. The normalized spacial score (nSPS) is 18.3. The Balaban J connectivity index is 1.79. The van der Waals surface area contributed by atoms with E-state index in [1.165, 1.54) is 29.2 Å². The first-order chi connectivity index (χ1) is 14.8. The quantitative estimate of drug-likeness (QED) is 0.565. The van der Waals surface area contributed by atoms with Gasteiger partial charge in [-0.25, -0.2) is 9.18 Å². The fraction of sp³-hybridized carbons (Fsp3) is 0.348. The van der Waals surface area contributed by atoms with Gasteiger partial charge in [-0.1, -0.05) is 66.0 Å². The minimum absolute atomic E-state index is 0.336. The SMILES string of the molecule is CCCCC1(c2ccc(F)cc2)NC(=O)N(CC(=O)N(C)Cc2ccccc2Br)C1=O. The standard InChI is InChI=1S/C23H25BrFN3O3/c1-3-4-13-23(17-9-11-18(25)12-10-17)21(30)28(22(31)26-23)15-20(29)27(2)14-16-7-5-6-8-19(16)24/h5-12H,3-4,13-15H2,1-2H3,(H,26,31). The molecule has 1 heterocycles. The minimum atomic E-state index is -1.29. The van der Waals surface area contributed by atoms with Crippen molar-refractivity contribution in [3.8, 4) is 0 Å². The topological polar surface area (TPSA) is 69.7 Å². The van der Waals surface area contributed by atoms with Crippen LogP contribution in [0.5, 0.6) is 0 Å². The van der Waals surface area contributed by atoms with Gasteiger partial charge in [0.1, 0.15) is 17.9 Å². The lowest BCUT2D eigenvalue weighted by atomic mass is 9.85. The second kappa shape index (κ2) is 9.60. The summed E-state index contributed by atoms with van der Waals surface area (Å²) in [7, 11) is 1.63. The van der Waals surface area contributed by atoms with E-state index < -0.39 is 23.3 Å². The maximum absolute atomic E-state index is 13.4. The van der Waals surface area contributed by atoms with Gasteiger partial charge in [-0.05, 0) is 35.7 Å². The number of benzene rings is 2. The largest absolute Gasteiger partial charge is 0.340 e. The molecule has 0 saturated carbocycles. The van der Waals surface area contributed by atoms with Gasteiger partial charge in [-0.15, -0.1) is 0 Å². The smallest absolute Gasteiger partial charge is 0.325 e. The molecule has 0 aliphatic carbocycles. The summed E-state index contributed by atoms with van der Waals surface area (Å²) in [6.45, 7) is 1.96. The summed E-state index contributed by atoms with van der Waals surface area (Å²) in [4.78, 5) is 41.3.